The minimum Gasteiger partial charge on any atom is -0.475 e. The van der Waals surface area contributed by atoms with Crippen molar-refractivity contribution in [3.8, 4) is 0 Å². The molecule has 0 radical (unpaired) electrons. The Morgan fingerprint density at radius 1 is 1.11 bits per heavy atom. The van der Waals surface area contributed by atoms with E-state index in [1.807, 2.05) is 12.3 Å². The first-order valence-electron chi connectivity index (χ1n) is 9.92. The first-order chi connectivity index (χ1) is 16.1. The fourth-order valence-electron chi connectivity index (χ4n) is 3.17. The number of hydrogen-bond donors (Lipinski definition) is 3. The third-order valence-electron chi connectivity index (χ3n) is 4.73. The second-order valence-corrected chi connectivity index (χ2v) is 7.28. The zero-order chi connectivity index (χ0) is 26.8. The van der Waals surface area contributed by atoms with Crippen LogP contribution in [0.5, 0.6) is 0 Å². The third kappa shape index (κ3) is 10.9. The monoisotopic (exact) mass is 518 g/mol. The number of carbonyl (C=O) groups excluding carboxylic acids is 1. The van der Waals surface area contributed by atoms with Crippen molar-refractivity contribution < 1.29 is 55.7 Å². The van der Waals surface area contributed by atoms with Crippen molar-refractivity contribution in [2.75, 3.05) is 39.8 Å². The van der Waals surface area contributed by atoms with Gasteiger partial charge in [0.1, 0.15) is 0 Å². The Bertz CT molecular complexity index is 815. The van der Waals surface area contributed by atoms with Gasteiger partial charge in [0, 0.05) is 45.6 Å². The average molecular weight is 518 g/mol. The molecule has 0 aliphatic carbocycles. The van der Waals surface area contributed by atoms with E-state index in [-0.39, 0.29) is 12.0 Å². The van der Waals surface area contributed by atoms with Crippen LogP contribution in [0, 0.1) is 0 Å². The van der Waals surface area contributed by atoms with Gasteiger partial charge in [-0.15, -0.1) is 0 Å². The lowest BCUT2D eigenvalue weighted by atomic mass is 10.1. The summed E-state index contributed by atoms with van der Waals surface area (Å²) in [7, 11) is 1.68. The van der Waals surface area contributed by atoms with Gasteiger partial charge in [0.2, 0.25) is 5.91 Å². The largest absolute Gasteiger partial charge is 0.490 e. The third-order valence-corrected chi connectivity index (χ3v) is 4.73. The molecule has 0 spiro atoms. The molecule has 2 aliphatic heterocycles. The SMILES string of the molecule is CNC(=O)CN1CCO[C@H]2CN(Cc3cccnc3)C[C@H]21.O=C(O)C(F)(F)F.O=C(O)C(F)(F)F. The number of carboxylic acids is 2. The lowest BCUT2D eigenvalue weighted by molar-refractivity contribution is -0.193. The Morgan fingerprint density at radius 3 is 2.14 bits per heavy atom. The van der Waals surface area contributed by atoms with Gasteiger partial charge in [-0.1, -0.05) is 6.07 Å². The molecule has 3 heterocycles. The standard InChI is InChI=1S/C15H22N4O2.2C2HF3O2/c1-16-15(20)11-19-5-6-21-14-10-18(9-13(14)19)8-12-3-2-4-17-7-12;2*3-2(4,5)1(6)7/h2-4,7,13-14H,5-6,8-11H2,1H3,(H,16,20);2*(H,6,7)/t13-,14+;;/m1../s1. The number of amides is 1. The van der Waals surface area contributed by atoms with Crippen LogP contribution in [0.1, 0.15) is 5.56 Å². The Hall–Kier alpha value is -2.98. The molecule has 198 valence electrons. The predicted molar refractivity (Wildman–Crippen MR) is 106 cm³/mol. The van der Waals surface area contributed by atoms with Gasteiger partial charge in [-0.3, -0.25) is 19.6 Å². The topological polar surface area (TPSA) is 132 Å². The Morgan fingerprint density at radius 2 is 1.69 bits per heavy atom. The van der Waals surface area contributed by atoms with Crippen molar-refractivity contribution in [3.63, 3.8) is 0 Å². The van der Waals surface area contributed by atoms with Crippen molar-refractivity contribution in [3.05, 3.63) is 30.1 Å². The summed E-state index contributed by atoms with van der Waals surface area (Å²) < 4.78 is 69.4. The zero-order valence-corrected chi connectivity index (χ0v) is 18.3. The molecule has 2 saturated heterocycles. The minimum absolute atomic E-state index is 0.0707. The van der Waals surface area contributed by atoms with Gasteiger partial charge < -0.3 is 20.3 Å². The number of nitrogens with one attached hydrogen (secondary N) is 1. The maximum Gasteiger partial charge on any atom is 0.490 e. The molecular weight excluding hydrogens is 494 g/mol. The van der Waals surface area contributed by atoms with Crippen LogP contribution in [-0.2, 0) is 25.7 Å². The van der Waals surface area contributed by atoms with Crippen molar-refractivity contribution in [1.29, 1.82) is 0 Å². The van der Waals surface area contributed by atoms with Gasteiger partial charge in [0.25, 0.3) is 0 Å². The van der Waals surface area contributed by atoms with E-state index in [9.17, 15) is 31.1 Å². The van der Waals surface area contributed by atoms with Crippen molar-refractivity contribution >= 4 is 17.8 Å². The summed E-state index contributed by atoms with van der Waals surface area (Å²) in [5.74, 6) is -5.44. The summed E-state index contributed by atoms with van der Waals surface area (Å²) in [6.07, 6.45) is -6.26. The predicted octanol–water partition coefficient (Wildman–Crippen LogP) is 0.979. The molecule has 1 amide bonds. The van der Waals surface area contributed by atoms with Crippen LogP contribution in [0.15, 0.2) is 24.5 Å². The van der Waals surface area contributed by atoms with Crippen molar-refractivity contribution in [1.82, 2.24) is 20.1 Å². The minimum atomic E-state index is -5.08. The van der Waals surface area contributed by atoms with E-state index in [0.29, 0.717) is 19.2 Å². The highest BCUT2D eigenvalue weighted by molar-refractivity contribution is 5.77. The number of alkyl halides is 6. The van der Waals surface area contributed by atoms with Crippen LogP contribution in [-0.4, -0.2) is 107 Å². The number of hydrogen-bond acceptors (Lipinski definition) is 7. The number of rotatable bonds is 4. The normalized spacial score (nSPS) is 20.4. The molecule has 0 saturated carbocycles. The molecule has 0 aromatic carbocycles. The number of nitrogens with zero attached hydrogens (tertiary/aromatic N) is 3. The van der Waals surface area contributed by atoms with E-state index >= 15 is 0 Å². The van der Waals surface area contributed by atoms with Gasteiger partial charge >= 0.3 is 24.3 Å². The highest BCUT2D eigenvalue weighted by atomic mass is 19.4. The lowest BCUT2D eigenvalue weighted by Crippen LogP contribution is -2.53. The van der Waals surface area contributed by atoms with Gasteiger partial charge in [0.05, 0.1) is 25.3 Å². The molecule has 0 unspecified atom stereocenters. The van der Waals surface area contributed by atoms with Crippen molar-refractivity contribution in [2.45, 2.75) is 31.0 Å². The fourth-order valence-corrected chi connectivity index (χ4v) is 3.17. The molecule has 16 heteroatoms. The number of carboxylic acid groups (broad SMARTS) is 2. The summed E-state index contributed by atoms with van der Waals surface area (Å²) in [5, 5.41) is 16.9. The smallest absolute Gasteiger partial charge is 0.475 e. The van der Waals surface area contributed by atoms with Gasteiger partial charge in [-0.05, 0) is 11.6 Å². The number of aliphatic carboxylic acids is 2. The summed E-state index contributed by atoms with van der Waals surface area (Å²) in [4.78, 5) is 38.2. The van der Waals surface area contributed by atoms with E-state index in [2.05, 4.69) is 26.2 Å². The summed E-state index contributed by atoms with van der Waals surface area (Å²) in [6, 6.07) is 4.37. The van der Waals surface area contributed by atoms with E-state index in [4.69, 9.17) is 24.5 Å². The Labute approximate surface area is 195 Å². The fraction of sp³-hybridized carbons (Fsp3) is 0.579. The average Bonchev–Trinajstić information content (AvgIpc) is 3.17. The van der Waals surface area contributed by atoms with E-state index in [0.717, 1.165) is 26.2 Å². The number of carbonyl (C=O) groups is 3. The molecule has 0 bridgehead atoms. The molecule has 2 atom stereocenters. The summed E-state index contributed by atoms with van der Waals surface area (Å²) in [5.41, 5.74) is 1.22. The second-order valence-electron chi connectivity index (χ2n) is 7.28. The van der Waals surface area contributed by atoms with Crippen LogP contribution >= 0.6 is 0 Å². The maximum absolute atomic E-state index is 11.6. The Balaban J connectivity index is 0.000000362. The molecule has 35 heavy (non-hydrogen) atoms. The van der Waals surface area contributed by atoms with Crippen LogP contribution in [0.4, 0.5) is 26.3 Å². The number of likely N-dealkylation sites (N-methyl/N-ethyl adjacent to an activating group) is 1. The number of halogens is 6. The highest BCUT2D eigenvalue weighted by Gasteiger charge is 2.40. The van der Waals surface area contributed by atoms with E-state index in [1.165, 1.54) is 5.56 Å². The summed E-state index contributed by atoms with van der Waals surface area (Å²) >= 11 is 0. The Kier molecular flexibility index (Phi) is 11.3. The number of aromatic nitrogens is 1. The molecular formula is C19H24F6N4O6. The molecule has 3 N–H and O–H groups in total. The number of fused-ring (bicyclic) bond motifs is 1. The van der Waals surface area contributed by atoms with E-state index in [1.54, 1.807) is 13.2 Å². The zero-order valence-electron chi connectivity index (χ0n) is 18.3. The van der Waals surface area contributed by atoms with Crippen LogP contribution in [0.25, 0.3) is 0 Å². The first-order valence-corrected chi connectivity index (χ1v) is 9.92. The number of likely N-dealkylation sites (tertiary alicyclic amines) is 1. The van der Waals surface area contributed by atoms with Gasteiger partial charge in [-0.2, -0.15) is 26.3 Å². The molecule has 2 aliphatic rings. The molecule has 1 aromatic rings. The summed E-state index contributed by atoms with van der Waals surface area (Å²) in [6.45, 7) is 4.74. The highest BCUT2D eigenvalue weighted by Crippen LogP contribution is 2.24. The van der Waals surface area contributed by atoms with Crippen LogP contribution in [0.2, 0.25) is 0 Å². The maximum atomic E-state index is 11.6. The first kappa shape index (κ1) is 30.1. The lowest BCUT2D eigenvalue weighted by Gasteiger charge is -2.36. The molecule has 3 rings (SSSR count). The quantitative estimate of drug-likeness (QED) is 0.499. The number of pyridine rings is 1. The van der Waals surface area contributed by atoms with Crippen molar-refractivity contribution in [2.24, 2.45) is 0 Å². The molecule has 2 fully saturated rings. The second kappa shape index (κ2) is 13.2. The van der Waals surface area contributed by atoms with Crippen LogP contribution in [0.3, 0.4) is 0 Å². The van der Waals surface area contributed by atoms with E-state index < -0.39 is 24.3 Å². The van der Waals surface area contributed by atoms with Crippen LogP contribution < -0.4 is 5.32 Å². The molecule has 10 nitrogen and oxygen atoms in total. The number of ether oxygens (including phenoxy) is 1. The van der Waals surface area contributed by atoms with Gasteiger partial charge in [0.15, 0.2) is 0 Å². The number of morpholine rings is 1. The van der Waals surface area contributed by atoms with Gasteiger partial charge in [-0.25, -0.2) is 9.59 Å². The molecule has 1 aromatic heterocycles.